The van der Waals surface area contributed by atoms with E-state index < -0.39 is 0 Å². The molecule has 1 aromatic rings. The largest absolute Gasteiger partial charge is 0.306 e. The zero-order valence-electron chi connectivity index (χ0n) is 14.4. The zero-order valence-corrected chi connectivity index (χ0v) is 15.2. The molecule has 0 radical (unpaired) electrons. The molecule has 2 aliphatic rings. The van der Waals surface area contributed by atoms with Gasteiger partial charge in [0.05, 0.1) is 0 Å². The van der Waals surface area contributed by atoms with Crippen LogP contribution in [0.1, 0.15) is 12.5 Å². The van der Waals surface area contributed by atoms with E-state index in [2.05, 4.69) is 93.6 Å². The van der Waals surface area contributed by atoms with Crippen LogP contribution in [-0.2, 0) is 0 Å². The summed E-state index contributed by atoms with van der Waals surface area (Å²) in [5.74, 6) is 0.920. The number of thioether (sulfide) groups is 1. The molecule has 3 atom stereocenters. The van der Waals surface area contributed by atoms with Crippen LogP contribution in [0.25, 0.3) is 0 Å². The number of hydrogen-bond acceptors (Lipinski definition) is 2. The molecule has 0 saturated heterocycles. The molecule has 0 amide bonds. The van der Waals surface area contributed by atoms with Gasteiger partial charge in [0.1, 0.15) is 0 Å². The SMILES string of the molecule is Cc1ccc(SC2=CC=C[C@@H]2C2=CC=C[C@@H]2[C@@H](C)N(C)C)cc1. The third kappa shape index (κ3) is 3.54. The minimum absolute atomic E-state index is 0.420. The summed E-state index contributed by atoms with van der Waals surface area (Å²) in [7, 11) is 4.33. The Kier molecular flexibility index (Phi) is 4.93. The van der Waals surface area contributed by atoms with Crippen LogP contribution < -0.4 is 0 Å². The van der Waals surface area contributed by atoms with Crippen LogP contribution in [0.2, 0.25) is 0 Å². The lowest BCUT2D eigenvalue weighted by molar-refractivity contribution is 0.273. The van der Waals surface area contributed by atoms with Gasteiger partial charge in [-0.25, -0.2) is 0 Å². The van der Waals surface area contributed by atoms with E-state index in [0.717, 1.165) is 0 Å². The fraction of sp³-hybridized carbons (Fsp3) is 0.333. The summed E-state index contributed by atoms with van der Waals surface area (Å²) in [6.45, 7) is 4.44. The fourth-order valence-corrected chi connectivity index (χ4v) is 4.19. The monoisotopic (exact) mass is 323 g/mol. The minimum atomic E-state index is 0.420. The first-order chi connectivity index (χ1) is 11.1. The van der Waals surface area contributed by atoms with Crippen molar-refractivity contribution in [3.8, 4) is 0 Å². The lowest BCUT2D eigenvalue weighted by Gasteiger charge is -2.30. The topological polar surface area (TPSA) is 3.24 Å². The lowest BCUT2D eigenvalue weighted by Crippen LogP contribution is -2.33. The van der Waals surface area contributed by atoms with Crippen molar-refractivity contribution in [2.75, 3.05) is 14.1 Å². The van der Waals surface area contributed by atoms with Gasteiger partial charge >= 0.3 is 0 Å². The van der Waals surface area contributed by atoms with Crippen molar-refractivity contribution >= 4 is 11.8 Å². The molecule has 0 aromatic heterocycles. The van der Waals surface area contributed by atoms with Crippen LogP contribution in [0.5, 0.6) is 0 Å². The maximum absolute atomic E-state index is 2.35. The summed E-state index contributed by atoms with van der Waals surface area (Å²) >= 11 is 1.89. The van der Waals surface area contributed by atoms with Crippen molar-refractivity contribution in [3.05, 3.63) is 76.8 Å². The quantitative estimate of drug-likeness (QED) is 0.731. The average molecular weight is 324 g/mol. The van der Waals surface area contributed by atoms with Gasteiger partial charge in [0.15, 0.2) is 0 Å². The van der Waals surface area contributed by atoms with Crippen LogP contribution in [0, 0.1) is 18.8 Å². The van der Waals surface area contributed by atoms with Gasteiger partial charge in [0.25, 0.3) is 0 Å². The Balaban J connectivity index is 1.76. The Morgan fingerprint density at radius 2 is 1.70 bits per heavy atom. The van der Waals surface area contributed by atoms with Crippen molar-refractivity contribution in [1.29, 1.82) is 0 Å². The molecule has 2 aliphatic carbocycles. The summed E-state index contributed by atoms with van der Waals surface area (Å²) < 4.78 is 0. The van der Waals surface area contributed by atoms with Crippen LogP contribution >= 0.6 is 11.8 Å². The van der Waals surface area contributed by atoms with E-state index in [0.29, 0.717) is 17.9 Å². The van der Waals surface area contributed by atoms with E-state index in [1.807, 2.05) is 11.8 Å². The lowest BCUT2D eigenvalue weighted by atomic mass is 9.86. The Morgan fingerprint density at radius 1 is 1.00 bits per heavy atom. The van der Waals surface area contributed by atoms with Crippen LogP contribution in [0.4, 0.5) is 0 Å². The molecule has 0 fully saturated rings. The van der Waals surface area contributed by atoms with Crippen molar-refractivity contribution in [3.63, 3.8) is 0 Å². The molecule has 0 spiro atoms. The van der Waals surface area contributed by atoms with E-state index >= 15 is 0 Å². The molecule has 3 rings (SSSR count). The molecule has 23 heavy (non-hydrogen) atoms. The molecule has 0 bridgehead atoms. The zero-order chi connectivity index (χ0) is 16.4. The molecule has 0 aliphatic heterocycles. The Hall–Kier alpha value is -1.51. The second-order valence-corrected chi connectivity index (χ2v) is 7.78. The Bertz CT molecular complexity index is 676. The number of hydrogen-bond donors (Lipinski definition) is 0. The third-order valence-corrected chi connectivity index (χ3v) is 5.95. The van der Waals surface area contributed by atoms with Gasteiger partial charge in [-0.2, -0.15) is 0 Å². The highest BCUT2D eigenvalue weighted by Gasteiger charge is 2.30. The minimum Gasteiger partial charge on any atom is -0.306 e. The number of rotatable bonds is 5. The molecule has 0 unspecified atom stereocenters. The van der Waals surface area contributed by atoms with Crippen LogP contribution in [-0.4, -0.2) is 25.0 Å². The summed E-state index contributed by atoms with van der Waals surface area (Å²) in [5.41, 5.74) is 2.83. The Labute approximate surface area is 144 Å². The van der Waals surface area contributed by atoms with E-state index in [1.54, 1.807) is 0 Å². The second-order valence-electron chi connectivity index (χ2n) is 6.63. The first-order valence-corrected chi connectivity index (χ1v) is 9.05. The molecular formula is C21H25NS. The first kappa shape index (κ1) is 16.4. The molecule has 1 nitrogen and oxygen atoms in total. The normalized spacial score (nSPS) is 24.2. The average Bonchev–Trinajstić information content (AvgIpc) is 3.17. The molecule has 0 heterocycles. The highest BCUT2D eigenvalue weighted by atomic mass is 32.2. The number of allylic oxidation sites excluding steroid dienone is 6. The van der Waals surface area contributed by atoms with E-state index in [9.17, 15) is 0 Å². The summed E-state index contributed by atoms with van der Waals surface area (Å²) in [6.07, 6.45) is 13.7. The molecule has 120 valence electrons. The second kappa shape index (κ2) is 6.94. The Morgan fingerprint density at radius 3 is 2.39 bits per heavy atom. The van der Waals surface area contributed by atoms with Crippen molar-refractivity contribution in [2.45, 2.75) is 24.8 Å². The predicted molar refractivity (Wildman–Crippen MR) is 102 cm³/mol. The standard InChI is InChI=1S/C21H25NS/c1-15-11-13-17(14-12-15)23-21-10-6-9-20(21)19-8-5-7-18(19)16(2)22(3)4/h5-14,16,18,20H,1-4H3/t16-,18-,20-/m1/s1. The van der Waals surface area contributed by atoms with Crippen molar-refractivity contribution in [2.24, 2.45) is 11.8 Å². The summed E-state index contributed by atoms with van der Waals surface area (Å²) in [5, 5.41) is 0. The predicted octanol–water partition coefficient (Wildman–Crippen LogP) is 5.22. The molecule has 0 saturated carbocycles. The molecule has 0 N–H and O–H groups in total. The van der Waals surface area contributed by atoms with Gasteiger partial charge in [-0.1, -0.05) is 65.9 Å². The van der Waals surface area contributed by atoms with Crippen LogP contribution in [0.3, 0.4) is 0 Å². The van der Waals surface area contributed by atoms with E-state index in [4.69, 9.17) is 0 Å². The maximum Gasteiger partial charge on any atom is 0.0304 e. The molecule has 1 aromatic carbocycles. The first-order valence-electron chi connectivity index (χ1n) is 8.24. The van der Waals surface area contributed by atoms with Gasteiger partial charge < -0.3 is 4.90 Å². The number of aryl methyl sites for hydroxylation is 1. The van der Waals surface area contributed by atoms with E-state index in [1.165, 1.54) is 20.9 Å². The smallest absolute Gasteiger partial charge is 0.0304 e. The number of benzene rings is 1. The highest BCUT2D eigenvalue weighted by molar-refractivity contribution is 8.03. The third-order valence-electron chi connectivity index (χ3n) is 4.81. The summed E-state index contributed by atoms with van der Waals surface area (Å²) in [4.78, 5) is 5.06. The van der Waals surface area contributed by atoms with Crippen molar-refractivity contribution in [1.82, 2.24) is 4.90 Å². The maximum atomic E-state index is 2.35. The molecule has 2 heteroatoms. The van der Waals surface area contributed by atoms with Gasteiger partial charge in [0, 0.05) is 27.7 Å². The highest BCUT2D eigenvalue weighted by Crippen LogP contribution is 2.43. The van der Waals surface area contributed by atoms with Gasteiger partial charge in [-0.3, -0.25) is 0 Å². The van der Waals surface area contributed by atoms with Crippen molar-refractivity contribution < 1.29 is 0 Å². The summed E-state index contributed by atoms with van der Waals surface area (Å²) in [6, 6.07) is 9.33. The molecular weight excluding hydrogens is 298 g/mol. The van der Waals surface area contributed by atoms with Crippen LogP contribution in [0.15, 0.2) is 76.1 Å². The van der Waals surface area contributed by atoms with E-state index in [-0.39, 0.29) is 0 Å². The van der Waals surface area contributed by atoms with Gasteiger partial charge in [-0.15, -0.1) is 0 Å². The van der Waals surface area contributed by atoms with Gasteiger partial charge in [0.2, 0.25) is 0 Å². The fourth-order valence-electron chi connectivity index (χ4n) is 3.16. The van der Waals surface area contributed by atoms with Gasteiger partial charge in [-0.05, 0) is 45.6 Å². The number of nitrogens with zero attached hydrogens (tertiary/aromatic N) is 1.